The molecule has 4 aromatic rings. The maximum Gasteiger partial charge on any atom is 0.265 e. The Hall–Kier alpha value is -4.14. The summed E-state index contributed by atoms with van der Waals surface area (Å²) in [5.74, 6) is -3.08. The zero-order valence-electron chi connectivity index (χ0n) is 37.2. The third kappa shape index (κ3) is 8.17. The van der Waals surface area contributed by atoms with Crippen molar-refractivity contribution in [2.75, 3.05) is 27.7 Å². The first-order chi connectivity index (χ1) is 28.6. The fourth-order valence-corrected chi connectivity index (χ4v) is 11.3. The Balaban J connectivity index is 1.43. The van der Waals surface area contributed by atoms with Crippen molar-refractivity contribution < 1.29 is 37.5 Å². The van der Waals surface area contributed by atoms with E-state index in [2.05, 4.69) is 67.5 Å². The summed E-state index contributed by atoms with van der Waals surface area (Å²) in [6.45, 7) is 17.8. The molecular weight excluding hydrogens is 858 g/mol. The number of hydrogen-bond donors (Lipinski definition) is 1. The molecule has 1 N–H and O–H groups in total. The topological polar surface area (TPSA) is 115 Å². The molecule has 1 heterocycles. The second-order valence-corrected chi connectivity index (χ2v) is 25.5. The van der Waals surface area contributed by atoms with Crippen LogP contribution in [0.3, 0.4) is 0 Å². The van der Waals surface area contributed by atoms with E-state index in [4.69, 9.17) is 18.4 Å². The quantitative estimate of drug-likeness (QED) is 0.109. The molecule has 13 heteroatoms. The van der Waals surface area contributed by atoms with Crippen LogP contribution in [0.1, 0.15) is 97.9 Å². The van der Waals surface area contributed by atoms with E-state index >= 15 is 14.0 Å². The lowest BCUT2D eigenvalue weighted by Crippen LogP contribution is -2.68. The van der Waals surface area contributed by atoms with E-state index in [-0.39, 0.29) is 77.7 Å². The van der Waals surface area contributed by atoms with Gasteiger partial charge in [0, 0.05) is 35.7 Å². The van der Waals surface area contributed by atoms with Crippen LogP contribution in [0.25, 0.3) is 5.76 Å². The fourth-order valence-electron chi connectivity index (χ4n) is 9.20. The SMILES string of the molecule is CN(Cc1c(F)c2c(c(OCc3ccccc3)c1Br)C(O)=C1C(=O)[C@]3(O[Si](C)(C)C(C)(C)C)C(=O)c4c(OCc5ccccc5)noc4[C@@H](N(C)C)[C@@H]3C[C@@H]1C2)CC(C)(C)C. The average Bonchev–Trinajstić information content (AvgIpc) is 3.60. The molecule has 10 nitrogen and oxygen atoms in total. The summed E-state index contributed by atoms with van der Waals surface area (Å²) in [5.41, 5.74) is 0.453. The third-order valence-electron chi connectivity index (χ3n) is 12.8. The van der Waals surface area contributed by atoms with Crippen LogP contribution in [0.4, 0.5) is 4.39 Å². The first-order valence-corrected chi connectivity index (χ1v) is 24.7. The summed E-state index contributed by atoms with van der Waals surface area (Å²) in [6.07, 6.45) is 0.302. The number of carbonyl (C=O) groups is 2. The smallest absolute Gasteiger partial charge is 0.265 e. The number of rotatable bonds is 12. The Bertz CT molecular complexity index is 2350. The molecule has 3 aliphatic carbocycles. The van der Waals surface area contributed by atoms with E-state index < -0.39 is 60.0 Å². The summed E-state index contributed by atoms with van der Waals surface area (Å²) >= 11 is 3.72. The lowest BCUT2D eigenvalue weighted by Gasteiger charge is -2.55. The summed E-state index contributed by atoms with van der Waals surface area (Å²) in [7, 11) is 2.72. The molecular formula is C48H59BrFN3O7Si. The molecule has 4 atom stereocenters. The van der Waals surface area contributed by atoms with Crippen molar-refractivity contribution >= 4 is 41.6 Å². The molecule has 1 saturated carbocycles. The van der Waals surface area contributed by atoms with E-state index in [0.717, 1.165) is 11.1 Å². The Morgan fingerprint density at radius 1 is 0.918 bits per heavy atom. The van der Waals surface area contributed by atoms with E-state index in [1.54, 1.807) is 0 Å². The van der Waals surface area contributed by atoms with Gasteiger partial charge >= 0.3 is 0 Å². The highest BCUT2D eigenvalue weighted by atomic mass is 79.9. The minimum absolute atomic E-state index is 0.0268. The number of fused-ring (bicyclic) bond motifs is 4. The van der Waals surface area contributed by atoms with Gasteiger partial charge in [0.25, 0.3) is 5.88 Å². The number of aromatic nitrogens is 1. The molecule has 0 amide bonds. The van der Waals surface area contributed by atoms with Gasteiger partial charge < -0.3 is 28.4 Å². The van der Waals surface area contributed by atoms with Gasteiger partial charge in [0.1, 0.15) is 36.1 Å². The Morgan fingerprint density at radius 3 is 2.07 bits per heavy atom. The molecule has 1 aromatic heterocycles. The molecule has 3 aromatic carbocycles. The largest absolute Gasteiger partial charge is 0.507 e. The molecule has 326 valence electrons. The van der Waals surface area contributed by atoms with Crippen LogP contribution in [0.15, 0.2) is 75.2 Å². The Kier molecular flexibility index (Phi) is 12.2. The van der Waals surface area contributed by atoms with Gasteiger partial charge in [0.15, 0.2) is 19.7 Å². The summed E-state index contributed by atoms with van der Waals surface area (Å²) in [5, 5.41) is 16.6. The molecule has 0 spiro atoms. The number of benzene rings is 3. The highest BCUT2D eigenvalue weighted by molar-refractivity contribution is 9.10. The highest BCUT2D eigenvalue weighted by Gasteiger charge is 2.69. The van der Waals surface area contributed by atoms with E-state index in [9.17, 15) is 5.11 Å². The van der Waals surface area contributed by atoms with Gasteiger partial charge in [0.05, 0.1) is 16.1 Å². The van der Waals surface area contributed by atoms with Gasteiger partial charge in [0.2, 0.25) is 11.6 Å². The summed E-state index contributed by atoms with van der Waals surface area (Å²) in [6, 6.07) is 18.4. The van der Waals surface area contributed by atoms with Crippen LogP contribution in [0, 0.1) is 23.1 Å². The van der Waals surface area contributed by atoms with Crippen LogP contribution in [0.5, 0.6) is 11.6 Å². The van der Waals surface area contributed by atoms with Crippen LogP contribution < -0.4 is 9.47 Å². The number of ketones is 2. The van der Waals surface area contributed by atoms with Crippen LogP contribution in [-0.2, 0) is 35.4 Å². The minimum Gasteiger partial charge on any atom is -0.507 e. The maximum absolute atomic E-state index is 17.4. The predicted octanol–water partition coefficient (Wildman–Crippen LogP) is 10.5. The minimum atomic E-state index is -2.97. The molecule has 61 heavy (non-hydrogen) atoms. The number of ether oxygens (including phenoxy) is 2. The summed E-state index contributed by atoms with van der Waals surface area (Å²) in [4.78, 5) is 35.6. The monoisotopic (exact) mass is 915 g/mol. The molecule has 0 aliphatic heterocycles. The van der Waals surface area contributed by atoms with Gasteiger partial charge in [-0.05, 0) is 95.7 Å². The van der Waals surface area contributed by atoms with Crippen LogP contribution >= 0.6 is 15.9 Å². The number of aliphatic hydroxyl groups excluding tert-OH is 1. The molecule has 0 saturated heterocycles. The zero-order valence-corrected chi connectivity index (χ0v) is 39.8. The molecule has 7 rings (SSSR count). The van der Waals surface area contributed by atoms with E-state index in [0.29, 0.717) is 16.6 Å². The van der Waals surface area contributed by atoms with Gasteiger partial charge in [-0.25, -0.2) is 4.39 Å². The lowest BCUT2D eigenvalue weighted by atomic mass is 9.57. The van der Waals surface area contributed by atoms with E-state index in [1.807, 2.05) is 99.8 Å². The number of aliphatic hydroxyl groups is 1. The summed E-state index contributed by atoms with van der Waals surface area (Å²) < 4.78 is 43.8. The van der Waals surface area contributed by atoms with Crippen molar-refractivity contribution in [3.05, 3.63) is 116 Å². The van der Waals surface area contributed by atoms with Gasteiger partial charge in [-0.1, -0.05) is 102 Å². The first-order valence-electron chi connectivity index (χ1n) is 21.0. The van der Waals surface area contributed by atoms with Crippen LogP contribution in [-0.4, -0.2) is 73.2 Å². The van der Waals surface area contributed by atoms with Crippen molar-refractivity contribution in [1.29, 1.82) is 0 Å². The molecule has 3 aliphatic rings. The molecule has 0 radical (unpaired) electrons. The van der Waals surface area contributed by atoms with Crippen molar-refractivity contribution in [3.63, 3.8) is 0 Å². The highest BCUT2D eigenvalue weighted by Crippen LogP contribution is 2.60. The standard InChI is InChI=1S/C48H59BrFN3O7Si/c1-46(2,3)27-53(9)24-32-37(49)41(57-25-28-18-14-12-15-19-28)35-31(38(32)50)22-30-23-33-39(52(7)8)42-36(45(51-59-42)58-26-29-20-16-13-17-21-29)44(56)48(33,43(55)34(30)40(35)54)60-61(10,11)47(4,5)6/h12-21,30,33,39,54H,22-27H2,1-11H3/t30-,33-,39-,48-/m0/s1. The zero-order chi connectivity index (χ0) is 44.4. The molecule has 1 fully saturated rings. The number of halogens is 2. The third-order valence-corrected chi connectivity index (χ3v) is 18.1. The normalized spacial score (nSPS) is 21.7. The lowest BCUT2D eigenvalue weighted by molar-refractivity contribution is -0.140. The number of carbonyl (C=O) groups excluding carboxylic acids is 2. The van der Waals surface area contributed by atoms with Crippen molar-refractivity contribution in [3.8, 4) is 11.6 Å². The first kappa shape index (κ1) is 44.9. The fraction of sp³-hybridized carbons (Fsp3) is 0.479. The number of nitrogens with zero attached hydrogens (tertiary/aromatic N) is 3. The van der Waals surface area contributed by atoms with Gasteiger partial charge in [-0.15, -0.1) is 0 Å². The van der Waals surface area contributed by atoms with Crippen LogP contribution in [0.2, 0.25) is 18.1 Å². The number of Topliss-reactive ketones (excluding diaryl/α,β-unsaturated/α-hetero) is 2. The predicted molar refractivity (Wildman–Crippen MR) is 240 cm³/mol. The second-order valence-electron chi connectivity index (χ2n) is 20.0. The van der Waals surface area contributed by atoms with Crippen molar-refractivity contribution in [1.82, 2.24) is 15.0 Å². The molecule has 0 bridgehead atoms. The maximum atomic E-state index is 17.4. The Morgan fingerprint density at radius 2 is 1.51 bits per heavy atom. The Labute approximate surface area is 368 Å². The van der Waals surface area contributed by atoms with E-state index in [1.165, 1.54) is 0 Å². The van der Waals surface area contributed by atoms with Gasteiger partial charge in [-0.3, -0.25) is 14.5 Å². The number of hydrogen-bond acceptors (Lipinski definition) is 10. The van der Waals surface area contributed by atoms with Gasteiger partial charge in [-0.2, -0.15) is 0 Å². The second kappa shape index (κ2) is 16.5. The van der Waals surface area contributed by atoms with Crippen molar-refractivity contribution in [2.45, 2.75) is 104 Å². The molecule has 0 unspecified atom stereocenters. The van der Waals surface area contributed by atoms with Crippen molar-refractivity contribution in [2.24, 2.45) is 17.3 Å². The average molecular weight is 917 g/mol.